The van der Waals surface area contributed by atoms with Crippen LogP contribution in [0.3, 0.4) is 0 Å². The Balaban J connectivity index is 1.81. The van der Waals surface area contributed by atoms with E-state index in [1.165, 1.54) is 12.1 Å². The number of urea groups is 1. The molecule has 7 nitrogen and oxygen atoms in total. The number of amides is 2. The molecule has 0 fully saturated rings. The zero-order valence-corrected chi connectivity index (χ0v) is 13.8. The topological polar surface area (TPSA) is 101 Å². The van der Waals surface area contributed by atoms with Crippen LogP contribution in [0.1, 0.15) is 11.5 Å². The minimum atomic E-state index is -3.95. The lowest BCUT2D eigenvalue weighted by Gasteiger charge is -2.09. The molecular formula is C16H15N3O4S. The van der Waals surface area contributed by atoms with E-state index in [1.807, 2.05) is 11.6 Å². The molecule has 124 valence electrons. The van der Waals surface area contributed by atoms with Crippen LogP contribution in [-0.4, -0.2) is 19.4 Å². The summed E-state index contributed by atoms with van der Waals surface area (Å²) in [6.07, 6.45) is 0. The summed E-state index contributed by atoms with van der Waals surface area (Å²) in [5.74, 6) is 0.451. The molecule has 0 aliphatic carbocycles. The molecule has 1 aromatic heterocycles. The first-order valence-corrected chi connectivity index (χ1v) is 8.60. The van der Waals surface area contributed by atoms with Gasteiger partial charge in [-0.15, -0.1) is 0 Å². The van der Waals surface area contributed by atoms with Gasteiger partial charge in [0.15, 0.2) is 11.5 Å². The highest BCUT2D eigenvalue weighted by atomic mass is 32.2. The lowest BCUT2D eigenvalue weighted by Crippen LogP contribution is -2.34. The van der Waals surface area contributed by atoms with Gasteiger partial charge in [0.1, 0.15) is 5.52 Å². The van der Waals surface area contributed by atoms with Crippen LogP contribution in [0.4, 0.5) is 10.5 Å². The molecule has 0 aliphatic heterocycles. The Hall–Kier alpha value is -2.87. The molecule has 0 spiro atoms. The normalized spacial score (nSPS) is 11.4. The summed E-state index contributed by atoms with van der Waals surface area (Å²) < 4.78 is 31.8. The number of aromatic nitrogens is 1. The van der Waals surface area contributed by atoms with Crippen molar-refractivity contribution in [1.82, 2.24) is 9.71 Å². The van der Waals surface area contributed by atoms with Crippen LogP contribution < -0.4 is 10.0 Å². The maximum atomic E-state index is 12.2. The number of aryl methyl sites for hydroxylation is 2. The van der Waals surface area contributed by atoms with Gasteiger partial charge >= 0.3 is 6.03 Å². The van der Waals surface area contributed by atoms with E-state index in [0.29, 0.717) is 22.7 Å². The number of carbonyl (C=O) groups is 1. The molecule has 0 atom stereocenters. The molecular weight excluding hydrogens is 330 g/mol. The average Bonchev–Trinajstić information content (AvgIpc) is 2.88. The van der Waals surface area contributed by atoms with Crippen LogP contribution in [0.2, 0.25) is 0 Å². The van der Waals surface area contributed by atoms with Crippen molar-refractivity contribution in [2.24, 2.45) is 0 Å². The van der Waals surface area contributed by atoms with E-state index in [-0.39, 0.29) is 4.90 Å². The van der Waals surface area contributed by atoms with Crippen molar-refractivity contribution in [3.63, 3.8) is 0 Å². The summed E-state index contributed by atoms with van der Waals surface area (Å²) >= 11 is 0. The largest absolute Gasteiger partial charge is 0.439 e. The molecule has 0 saturated heterocycles. The zero-order valence-electron chi connectivity index (χ0n) is 13.0. The molecule has 8 heteroatoms. The zero-order chi connectivity index (χ0) is 17.3. The fourth-order valence-corrected chi connectivity index (χ4v) is 3.11. The third-order valence-corrected chi connectivity index (χ3v) is 4.68. The highest BCUT2D eigenvalue weighted by Crippen LogP contribution is 2.24. The molecule has 3 aromatic rings. The Labute approximate surface area is 138 Å². The number of nitrogens with one attached hydrogen (secondary N) is 2. The number of anilines is 1. The monoisotopic (exact) mass is 345 g/mol. The number of hydrogen-bond donors (Lipinski definition) is 2. The van der Waals surface area contributed by atoms with Gasteiger partial charge in [-0.05, 0) is 31.2 Å². The van der Waals surface area contributed by atoms with Crippen LogP contribution in [0.5, 0.6) is 0 Å². The second-order valence-corrected chi connectivity index (χ2v) is 6.94. The SMILES string of the molecule is Cc1ccc(S(=O)(=O)NC(=O)Nc2cccc3nc(C)oc23)cc1. The van der Waals surface area contributed by atoms with E-state index in [9.17, 15) is 13.2 Å². The standard InChI is InChI=1S/C16H15N3O4S/c1-10-6-8-12(9-7-10)24(21,22)19-16(20)18-14-5-3-4-13-15(14)23-11(2)17-13/h3-9H,1-2H3,(H2,18,19,20). The fourth-order valence-electron chi connectivity index (χ4n) is 2.20. The minimum absolute atomic E-state index is 0.0111. The molecule has 2 aromatic carbocycles. The van der Waals surface area contributed by atoms with Gasteiger partial charge in [0.2, 0.25) is 0 Å². The number of fused-ring (bicyclic) bond motifs is 1. The van der Waals surface area contributed by atoms with E-state index in [1.54, 1.807) is 37.3 Å². The smallest absolute Gasteiger partial charge is 0.333 e. The first-order valence-electron chi connectivity index (χ1n) is 7.12. The summed E-state index contributed by atoms with van der Waals surface area (Å²) in [5, 5.41) is 2.47. The quantitative estimate of drug-likeness (QED) is 0.760. The molecule has 1 heterocycles. The molecule has 0 bridgehead atoms. The first-order chi connectivity index (χ1) is 11.3. The number of rotatable bonds is 3. The van der Waals surface area contributed by atoms with Crippen LogP contribution >= 0.6 is 0 Å². The number of carbonyl (C=O) groups excluding carboxylic acids is 1. The Morgan fingerprint density at radius 3 is 2.50 bits per heavy atom. The van der Waals surface area contributed by atoms with Crippen molar-refractivity contribution in [2.45, 2.75) is 18.7 Å². The number of nitrogens with zero attached hydrogens (tertiary/aromatic N) is 1. The third kappa shape index (κ3) is 3.23. The van der Waals surface area contributed by atoms with Crippen molar-refractivity contribution < 1.29 is 17.6 Å². The molecule has 24 heavy (non-hydrogen) atoms. The van der Waals surface area contributed by atoms with Crippen LogP contribution in [0.25, 0.3) is 11.1 Å². The maximum Gasteiger partial charge on any atom is 0.333 e. The Morgan fingerprint density at radius 2 is 1.79 bits per heavy atom. The average molecular weight is 345 g/mol. The lowest BCUT2D eigenvalue weighted by atomic mass is 10.2. The molecule has 0 aliphatic rings. The highest BCUT2D eigenvalue weighted by Gasteiger charge is 2.18. The number of hydrogen-bond acceptors (Lipinski definition) is 5. The lowest BCUT2D eigenvalue weighted by molar-refractivity contribution is 0.256. The predicted octanol–water partition coefficient (Wildman–Crippen LogP) is 2.96. The van der Waals surface area contributed by atoms with Crippen LogP contribution in [0, 0.1) is 13.8 Å². The van der Waals surface area contributed by atoms with Crippen molar-refractivity contribution in [1.29, 1.82) is 0 Å². The molecule has 0 radical (unpaired) electrons. The third-order valence-electron chi connectivity index (χ3n) is 3.33. The van der Waals surface area contributed by atoms with Gasteiger partial charge in [0, 0.05) is 6.92 Å². The number of sulfonamides is 1. The van der Waals surface area contributed by atoms with Crippen molar-refractivity contribution in [2.75, 3.05) is 5.32 Å². The fraction of sp³-hybridized carbons (Fsp3) is 0.125. The van der Waals surface area contributed by atoms with Crippen LogP contribution in [-0.2, 0) is 10.0 Å². The van der Waals surface area contributed by atoms with E-state index < -0.39 is 16.1 Å². The van der Waals surface area contributed by atoms with Crippen LogP contribution in [0.15, 0.2) is 51.8 Å². The van der Waals surface area contributed by atoms with E-state index in [0.717, 1.165) is 5.56 Å². The van der Waals surface area contributed by atoms with Gasteiger partial charge < -0.3 is 9.73 Å². The van der Waals surface area contributed by atoms with Gasteiger partial charge in [-0.3, -0.25) is 0 Å². The van der Waals surface area contributed by atoms with Crippen molar-refractivity contribution >= 4 is 32.8 Å². The summed E-state index contributed by atoms with van der Waals surface area (Å²) in [6.45, 7) is 3.53. The number of benzene rings is 2. The predicted molar refractivity (Wildman–Crippen MR) is 89.3 cm³/mol. The van der Waals surface area contributed by atoms with Crippen molar-refractivity contribution in [3.05, 3.63) is 53.9 Å². The van der Waals surface area contributed by atoms with Gasteiger partial charge in [-0.2, -0.15) is 0 Å². The van der Waals surface area contributed by atoms with Gasteiger partial charge in [-0.1, -0.05) is 23.8 Å². The maximum absolute atomic E-state index is 12.2. The minimum Gasteiger partial charge on any atom is -0.439 e. The van der Waals surface area contributed by atoms with Gasteiger partial charge in [0.25, 0.3) is 10.0 Å². The van der Waals surface area contributed by atoms with Gasteiger partial charge in [-0.25, -0.2) is 22.9 Å². The second-order valence-electron chi connectivity index (χ2n) is 5.26. The molecule has 3 rings (SSSR count). The number of oxazole rings is 1. The second kappa shape index (κ2) is 5.97. The Bertz CT molecular complexity index is 1010. The van der Waals surface area contributed by atoms with E-state index >= 15 is 0 Å². The Kier molecular flexibility index (Phi) is 3.98. The van der Waals surface area contributed by atoms with Gasteiger partial charge in [0.05, 0.1) is 10.6 Å². The summed E-state index contributed by atoms with van der Waals surface area (Å²) in [7, 11) is -3.95. The molecule has 0 unspecified atom stereocenters. The van der Waals surface area contributed by atoms with E-state index in [4.69, 9.17) is 4.42 Å². The van der Waals surface area contributed by atoms with Crippen molar-refractivity contribution in [3.8, 4) is 0 Å². The summed E-state index contributed by atoms with van der Waals surface area (Å²) in [6, 6.07) is 10.3. The van der Waals surface area contributed by atoms with E-state index in [2.05, 4.69) is 10.3 Å². The summed E-state index contributed by atoms with van der Waals surface area (Å²) in [4.78, 5) is 16.2. The first kappa shape index (κ1) is 16.0. The molecule has 2 amide bonds. The molecule has 0 saturated carbocycles. The Morgan fingerprint density at radius 1 is 1.08 bits per heavy atom. The highest BCUT2D eigenvalue weighted by molar-refractivity contribution is 7.90. The molecule has 2 N–H and O–H groups in total. The summed E-state index contributed by atoms with van der Waals surface area (Å²) in [5.41, 5.74) is 2.22. The number of para-hydroxylation sites is 1.